The van der Waals surface area contributed by atoms with Crippen molar-refractivity contribution in [2.24, 2.45) is 11.8 Å². The smallest absolute Gasteiger partial charge is 0.173 e. The van der Waals surface area contributed by atoms with Crippen molar-refractivity contribution in [1.82, 2.24) is 0 Å². The standard InChI is InChI=1S/C22H28O4/c1-23-22(24-2)13-20(16-25-14-18-9-5-3-6-10-18)21(22)17-26-15-19-11-7-4-8-12-19/h3-12,20-21H,13-17H2,1-2H3/t20?,21-/m1/s1. The summed E-state index contributed by atoms with van der Waals surface area (Å²) in [5.74, 6) is -0.0244. The van der Waals surface area contributed by atoms with Crippen LogP contribution < -0.4 is 0 Å². The van der Waals surface area contributed by atoms with E-state index in [4.69, 9.17) is 18.9 Å². The molecular formula is C22H28O4. The fraction of sp³-hybridized carbons (Fsp3) is 0.455. The van der Waals surface area contributed by atoms with Gasteiger partial charge in [0.05, 0.1) is 26.4 Å². The summed E-state index contributed by atoms with van der Waals surface area (Å²) >= 11 is 0. The number of hydrogen-bond donors (Lipinski definition) is 0. The second-order valence-electron chi connectivity index (χ2n) is 6.79. The Bertz CT molecular complexity index is 640. The van der Waals surface area contributed by atoms with Crippen molar-refractivity contribution in [2.45, 2.75) is 25.4 Å². The van der Waals surface area contributed by atoms with Crippen LogP contribution in [0.3, 0.4) is 0 Å². The molecule has 1 fully saturated rings. The van der Waals surface area contributed by atoms with Crippen LogP contribution in [0.1, 0.15) is 17.5 Å². The molecule has 26 heavy (non-hydrogen) atoms. The van der Waals surface area contributed by atoms with E-state index < -0.39 is 5.79 Å². The predicted molar refractivity (Wildman–Crippen MR) is 101 cm³/mol. The van der Waals surface area contributed by atoms with Gasteiger partial charge in [0.15, 0.2) is 5.79 Å². The molecule has 0 bridgehead atoms. The summed E-state index contributed by atoms with van der Waals surface area (Å²) < 4.78 is 23.2. The van der Waals surface area contributed by atoms with E-state index in [-0.39, 0.29) is 5.92 Å². The van der Waals surface area contributed by atoms with Gasteiger partial charge in [-0.1, -0.05) is 60.7 Å². The molecule has 0 spiro atoms. The molecule has 0 saturated heterocycles. The molecule has 1 aliphatic rings. The van der Waals surface area contributed by atoms with Gasteiger partial charge >= 0.3 is 0 Å². The summed E-state index contributed by atoms with van der Waals surface area (Å²) in [4.78, 5) is 0. The van der Waals surface area contributed by atoms with E-state index in [1.807, 2.05) is 36.4 Å². The summed E-state index contributed by atoms with van der Waals surface area (Å²) in [6, 6.07) is 20.4. The fourth-order valence-electron chi connectivity index (χ4n) is 3.63. The summed E-state index contributed by atoms with van der Waals surface area (Å²) in [7, 11) is 3.41. The van der Waals surface area contributed by atoms with Crippen LogP contribution in [0.25, 0.3) is 0 Å². The molecule has 0 aliphatic heterocycles. The Labute approximate surface area is 156 Å². The molecule has 0 N–H and O–H groups in total. The maximum Gasteiger partial charge on any atom is 0.173 e. The van der Waals surface area contributed by atoms with Crippen LogP contribution in [0.5, 0.6) is 0 Å². The van der Waals surface area contributed by atoms with Crippen LogP contribution in [-0.4, -0.2) is 33.2 Å². The Balaban J connectivity index is 1.50. The molecule has 1 aliphatic carbocycles. The normalized spacial score (nSPS) is 21.3. The Hall–Kier alpha value is -1.72. The first-order valence-electron chi connectivity index (χ1n) is 9.11. The quantitative estimate of drug-likeness (QED) is 0.602. The third-order valence-electron chi connectivity index (χ3n) is 5.22. The summed E-state index contributed by atoms with van der Waals surface area (Å²) in [5, 5.41) is 0. The van der Waals surface area contributed by atoms with Crippen molar-refractivity contribution >= 4 is 0 Å². The van der Waals surface area contributed by atoms with Gasteiger partial charge in [-0.25, -0.2) is 0 Å². The lowest BCUT2D eigenvalue weighted by molar-refractivity contribution is -0.324. The monoisotopic (exact) mass is 356 g/mol. The lowest BCUT2D eigenvalue weighted by Crippen LogP contribution is -2.59. The van der Waals surface area contributed by atoms with Crippen molar-refractivity contribution in [3.8, 4) is 0 Å². The van der Waals surface area contributed by atoms with Crippen molar-refractivity contribution < 1.29 is 18.9 Å². The summed E-state index contributed by atoms with van der Waals surface area (Å²) in [5.41, 5.74) is 2.36. The topological polar surface area (TPSA) is 36.9 Å². The molecule has 2 atom stereocenters. The lowest BCUT2D eigenvalue weighted by Gasteiger charge is -2.52. The van der Waals surface area contributed by atoms with Crippen molar-refractivity contribution in [3.05, 3.63) is 71.8 Å². The van der Waals surface area contributed by atoms with Crippen molar-refractivity contribution in [2.75, 3.05) is 27.4 Å². The zero-order valence-corrected chi connectivity index (χ0v) is 15.6. The van der Waals surface area contributed by atoms with Gasteiger partial charge in [0.25, 0.3) is 0 Å². The second kappa shape index (κ2) is 9.28. The third kappa shape index (κ3) is 4.51. The van der Waals surface area contributed by atoms with Gasteiger partial charge in [0, 0.05) is 26.6 Å². The zero-order chi connectivity index (χ0) is 18.2. The average molecular weight is 356 g/mol. The summed E-state index contributed by atoms with van der Waals surface area (Å²) in [6.45, 7) is 2.50. The second-order valence-corrected chi connectivity index (χ2v) is 6.79. The van der Waals surface area contributed by atoms with Crippen LogP contribution >= 0.6 is 0 Å². The highest BCUT2D eigenvalue weighted by molar-refractivity contribution is 5.14. The van der Waals surface area contributed by atoms with E-state index in [0.717, 1.165) is 6.42 Å². The Morgan fingerprint density at radius 1 is 0.769 bits per heavy atom. The molecule has 140 valence electrons. The van der Waals surface area contributed by atoms with E-state index in [2.05, 4.69) is 24.3 Å². The highest BCUT2D eigenvalue weighted by atomic mass is 16.7. The first-order chi connectivity index (χ1) is 12.8. The maximum atomic E-state index is 5.96. The number of rotatable bonds is 10. The molecule has 0 heterocycles. The van der Waals surface area contributed by atoms with Gasteiger partial charge in [-0.3, -0.25) is 0 Å². The largest absolute Gasteiger partial charge is 0.376 e. The molecule has 3 rings (SSSR count). The number of hydrogen-bond acceptors (Lipinski definition) is 4. The first kappa shape index (κ1) is 19.1. The van der Waals surface area contributed by atoms with Crippen LogP contribution in [-0.2, 0) is 32.2 Å². The number of benzene rings is 2. The molecule has 4 heteroatoms. The minimum Gasteiger partial charge on any atom is -0.376 e. The van der Waals surface area contributed by atoms with Gasteiger partial charge in [-0.2, -0.15) is 0 Å². The minimum atomic E-state index is -0.558. The zero-order valence-electron chi connectivity index (χ0n) is 15.6. The Morgan fingerprint density at radius 3 is 1.77 bits per heavy atom. The SMILES string of the molecule is COC1(OC)CC(COCc2ccccc2)[C@H]1COCc1ccccc1. The summed E-state index contributed by atoms with van der Waals surface area (Å²) in [6.07, 6.45) is 0.828. The first-order valence-corrected chi connectivity index (χ1v) is 9.11. The van der Waals surface area contributed by atoms with Gasteiger partial charge in [0.1, 0.15) is 0 Å². The Kier molecular flexibility index (Phi) is 6.80. The molecule has 1 unspecified atom stereocenters. The van der Waals surface area contributed by atoms with Crippen LogP contribution in [0.15, 0.2) is 60.7 Å². The third-order valence-corrected chi connectivity index (χ3v) is 5.22. The maximum absolute atomic E-state index is 5.96. The molecule has 4 nitrogen and oxygen atoms in total. The number of ether oxygens (including phenoxy) is 4. The Morgan fingerprint density at radius 2 is 1.27 bits per heavy atom. The van der Waals surface area contributed by atoms with Crippen LogP contribution in [0.2, 0.25) is 0 Å². The van der Waals surface area contributed by atoms with Crippen molar-refractivity contribution in [3.63, 3.8) is 0 Å². The van der Waals surface area contributed by atoms with Gasteiger partial charge in [0.2, 0.25) is 0 Å². The van der Waals surface area contributed by atoms with E-state index >= 15 is 0 Å². The van der Waals surface area contributed by atoms with Gasteiger partial charge in [-0.15, -0.1) is 0 Å². The highest BCUT2D eigenvalue weighted by Crippen LogP contribution is 2.47. The minimum absolute atomic E-state index is 0.164. The van der Waals surface area contributed by atoms with E-state index in [1.54, 1.807) is 14.2 Å². The average Bonchev–Trinajstić information content (AvgIpc) is 2.69. The van der Waals surface area contributed by atoms with E-state index in [1.165, 1.54) is 11.1 Å². The molecule has 2 aromatic rings. The molecular weight excluding hydrogens is 328 g/mol. The molecule has 1 saturated carbocycles. The molecule has 0 radical (unpaired) electrons. The van der Waals surface area contributed by atoms with Gasteiger partial charge < -0.3 is 18.9 Å². The van der Waals surface area contributed by atoms with Gasteiger partial charge in [-0.05, 0) is 17.0 Å². The molecule has 0 aromatic heterocycles. The van der Waals surface area contributed by atoms with Crippen molar-refractivity contribution in [1.29, 1.82) is 0 Å². The highest BCUT2D eigenvalue weighted by Gasteiger charge is 2.55. The lowest BCUT2D eigenvalue weighted by atomic mass is 9.68. The fourth-order valence-corrected chi connectivity index (χ4v) is 3.63. The van der Waals surface area contributed by atoms with Crippen LogP contribution in [0, 0.1) is 11.8 Å². The molecule has 2 aromatic carbocycles. The van der Waals surface area contributed by atoms with E-state index in [9.17, 15) is 0 Å². The predicted octanol–water partition coefficient (Wildman–Crippen LogP) is 4.05. The molecule has 0 amide bonds. The van der Waals surface area contributed by atoms with Crippen LogP contribution in [0.4, 0.5) is 0 Å². The number of methoxy groups -OCH3 is 2. The van der Waals surface area contributed by atoms with E-state index in [0.29, 0.717) is 32.3 Å².